The molecule has 0 rings (SSSR count). The minimum absolute atomic E-state index is 0.0620. The van der Waals surface area contributed by atoms with E-state index in [0.29, 0.717) is 19.3 Å². The van der Waals surface area contributed by atoms with Crippen LogP contribution in [-0.2, 0) is 28.6 Å². The SMILES string of the molecule is CCCCCCCCCCCCCCCCCCCCCC(=O)O[C@H](COC(=O)CCCCCCCCCCC)COC(=O)CCCCCCCCCCCCCCCCCCC(C)C. The monoisotopic (exact) mass is 919 g/mol. The molecule has 0 aromatic carbocycles. The van der Waals surface area contributed by atoms with E-state index in [4.69, 9.17) is 14.2 Å². The molecule has 0 aliphatic heterocycles. The van der Waals surface area contributed by atoms with Crippen LogP contribution in [0.15, 0.2) is 0 Å². The van der Waals surface area contributed by atoms with Crippen LogP contribution in [0.25, 0.3) is 0 Å². The predicted octanol–water partition coefficient (Wildman–Crippen LogP) is 19.4. The highest BCUT2D eigenvalue weighted by Gasteiger charge is 2.19. The van der Waals surface area contributed by atoms with Crippen molar-refractivity contribution in [2.45, 2.75) is 342 Å². The van der Waals surface area contributed by atoms with E-state index in [1.54, 1.807) is 0 Å². The summed E-state index contributed by atoms with van der Waals surface area (Å²) in [5.41, 5.74) is 0. The molecule has 0 aromatic heterocycles. The smallest absolute Gasteiger partial charge is 0.306 e. The highest BCUT2D eigenvalue weighted by Crippen LogP contribution is 2.18. The third-order valence-corrected chi connectivity index (χ3v) is 13.5. The van der Waals surface area contributed by atoms with Crippen LogP contribution in [0.2, 0.25) is 0 Å². The summed E-state index contributed by atoms with van der Waals surface area (Å²) >= 11 is 0. The van der Waals surface area contributed by atoms with Gasteiger partial charge in [0.15, 0.2) is 6.10 Å². The van der Waals surface area contributed by atoms with Crippen molar-refractivity contribution in [2.24, 2.45) is 5.92 Å². The van der Waals surface area contributed by atoms with Crippen LogP contribution in [0, 0.1) is 5.92 Å². The number of ether oxygens (including phenoxy) is 3. The zero-order valence-electron chi connectivity index (χ0n) is 44.5. The molecule has 0 bridgehead atoms. The topological polar surface area (TPSA) is 78.9 Å². The van der Waals surface area contributed by atoms with E-state index >= 15 is 0 Å². The average molecular weight is 920 g/mol. The van der Waals surface area contributed by atoms with E-state index in [0.717, 1.165) is 63.7 Å². The Morgan fingerprint density at radius 2 is 0.508 bits per heavy atom. The van der Waals surface area contributed by atoms with Crippen LogP contribution in [0.1, 0.15) is 336 Å². The maximum absolute atomic E-state index is 12.8. The van der Waals surface area contributed by atoms with Gasteiger partial charge in [-0.1, -0.05) is 297 Å². The molecule has 0 fully saturated rings. The Morgan fingerprint density at radius 1 is 0.292 bits per heavy atom. The summed E-state index contributed by atoms with van der Waals surface area (Å²) in [6.07, 6.45) is 58.2. The number of rotatable bonds is 54. The number of carbonyl (C=O) groups is 3. The lowest BCUT2D eigenvalue weighted by molar-refractivity contribution is -0.167. The van der Waals surface area contributed by atoms with Crippen LogP contribution in [-0.4, -0.2) is 37.2 Å². The second-order valence-electron chi connectivity index (χ2n) is 20.8. The molecule has 0 aliphatic rings. The quantitative estimate of drug-likeness (QED) is 0.0344. The van der Waals surface area contributed by atoms with Crippen molar-refractivity contribution in [1.82, 2.24) is 0 Å². The number of unbranched alkanes of at least 4 members (excludes halogenated alkanes) is 41. The van der Waals surface area contributed by atoms with Crippen molar-refractivity contribution < 1.29 is 28.6 Å². The molecule has 6 nitrogen and oxygen atoms in total. The van der Waals surface area contributed by atoms with Gasteiger partial charge in [-0.3, -0.25) is 14.4 Å². The third-order valence-electron chi connectivity index (χ3n) is 13.5. The molecule has 0 N–H and O–H groups in total. The van der Waals surface area contributed by atoms with Gasteiger partial charge in [-0.25, -0.2) is 0 Å². The van der Waals surface area contributed by atoms with Crippen molar-refractivity contribution in [3.8, 4) is 0 Å². The van der Waals surface area contributed by atoms with E-state index in [2.05, 4.69) is 27.7 Å². The zero-order chi connectivity index (χ0) is 47.4. The van der Waals surface area contributed by atoms with Crippen molar-refractivity contribution >= 4 is 17.9 Å². The maximum atomic E-state index is 12.8. The summed E-state index contributed by atoms with van der Waals surface area (Å²) in [6, 6.07) is 0. The second kappa shape index (κ2) is 53.4. The largest absolute Gasteiger partial charge is 0.462 e. The minimum atomic E-state index is -0.761. The highest BCUT2D eigenvalue weighted by molar-refractivity contribution is 5.71. The molecule has 65 heavy (non-hydrogen) atoms. The van der Waals surface area contributed by atoms with E-state index in [1.165, 1.54) is 231 Å². The molecule has 0 saturated carbocycles. The number of carbonyl (C=O) groups excluding carboxylic acids is 3. The van der Waals surface area contributed by atoms with Gasteiger partial charge in [0.05, 0.1) is 0 Å². The second-order valence-corrected chi connectivity index (χ2v) is 20.8. The van der Waals surface area contributed by atoms with Crippen LogP contribution in [0.4, 0.5) is 0 Å². The molecule has 0 aromatic rings. The number of esters is 3. The standard InChI is InChI=1S/C59H114O6/c1-5-7-9-11-13-15-16-17-18-19-20-21-26-29-32-36-40-44-48-52-59(62)65-56(53-63-57(60)50-46-42-38-33-14-12-10-8-6-2)54-64-58(61)51-47-43-39-35-31-28-25-23-22-24-27-30-34-37-41-45-49-55(3)4/h55-56H,5-54H2,1-4H3/t56-/m1/s1. The Bertz CT molecular complexity index is 980. The summed E-state index contributed by atoms with van der Waals surface area (Å²) in [7, 11) is 0. The lowest BCUT2D eigenvalue weighted by atomic mass is 10.0. The van der Waals surface area contributed by atoms with Crippen LogP contribution in [0.5, 0.6) is 0 Å². The lowest BCUT2D eigenvalue weighted by Gasteiger charge is -2.18. The fourth-order valence-electron chi connectivity index (χ4n) is 9.10. The summed E-state index contributed by atoms with van der Waals surface area (Å²) in [4.78, 5) is 38.0. The molecular weight excluding hydrogens is 805 g/mol. The number of hydrogen-bond acceptors (Lipinski definition) is 6. The molecule has 1 atom stereocenters. The van der Waals surface area contributed by atoms with Gasteiger partial charge in [-0.15, -0.1) is 0 Å². The summed E-state index contributed by atoms with van der Waals surface area (Å²) in [5.74, 6) is 0.0149. The molecular formula is C59H114O6. The Morgan fingerprint density at radius 3 is 0.754 bits per heavy atom. The fourth-order valence-corrected chi connectivity index (χ4v) is 9.10. The highest BCUT2D eigenvalue weighted by atomic mass is 16.6. The molecule has 0 aliphatic carbocycles. The van der Waals surface area contributed by atoms with E-state index in [1.807, 2.05) is 0 Å². The van der Waals surface area contributed by atoms with Crippen LogP contribution >= 0.6 is 0 Å². The van der Waals surface area contributed by atoms with Gasteiger partial charge in [0, 0.05) is 19.3 Å². The first-order valence-electron chi connectivity index (χ1n) is 29.4. The van der Waals surface area contributed by atoms with Crippen LogP contribution in [0.3, 0.4) is 0 Å². The van der Waals surface area contributed by atoms with Crippen molar-refractivity contribution in [2.75, 3.05) is 13.2 Å². The Balaban J connectivity index is 4.19. The Hall–Kier alpha value is -1.59. The van der Waals surface area contributed by atoms with E-state index < -0.39 is 6.10 Å². The summed E-state index contributed by atoms with van der Waals surface area (Å²) < 4.78 is 16.9. The molecule has 0 radical (unpaired) electrons. The first-order chi connectivity index (χ1) is 31.9. The van der Waals surface area contributed by atoms with E-state index in [9.17, 15) is 14.4 Å². The minimum Gasteiger partial charge on any atom is -0.462 e. The molecule has 0 saturated heterocycles. The molecule has 386 valence electrons. The maximum Gasteiger partial charge on any atom is 0.306 e. The summed E-state index contributed by atoms with van der Waals surface area (Å²) in [5, 5.41) is 0. The van der Waals surface area contributed by atoms with Gasteiger partial charge in [0.25, 0.3) is 0 Å². The normalized spacial score (nSPS) is 12.0. The average Bonchev–Trinajstić information content (AvgIpc) is 3.29. The van der Waals surface area contributed by atoms with Crippen molar-refractivity contribution in [3.63, 3.8) is 0 Å². The Kier molecular flexibility index (Phi) is 52.1. The van der Waals surface area contributed by atoms with Crippen molar-refractivity contribution in [1.29, 1.82) is 0 Å². The lowest BCUT2D eigenvalue weighted by Crippen LogP contribution is -2.30. The first-order valence-corrected chi connectivity index (χ1v) is 29.4. The van der Waals surface area contributed by atoms with Gasteiger partial charge in [-0.2, -0.15) is 0 Å². The molecule has 0 heterocycles. The molecule has 6 heteroatoms. The molecule has 0 unspecified atom stereocenters. The van der Waals surface area contributed by atoms with Gasteiger partial charge >= 0.3 is 17.9 Å². The van der Waals surface area contributed by atoms with Gasteiger partial charge in [0.1, 0.15) is 13.2 Å². The molecule has 0 amide bonds. The van der Waals surface area contributed by atoms with Crippen LogP contribution < -0.4 is 0 Å². The van der Waals surface area contributed by atoms with E-state index in [-0.39, 0.29) is 31.1 Å². The third kappa shape index (κ3) is 53.2. The predicted molar refractivity (Wildman–Crippen MR) is 280 cm³/mol. The fraction of sp³-hybridized carbons (Fsp3) is 0.949. The van der Waals surface area contributed by atoms with Gasteiger partial charge in [-0.05, 0) is 25.2 Å². The Labute approximate surface area is 406 Å². The van der Waals surface area contributed by atoms with Crippen molar-refractivity contribution in [3.05, 3.63) is 0 Å². The first kappa shape index (κ1) is 63.4. The zero-order valence-corrected chi connectivity index (χ0v) is 44.5. The van der Waals surface area contributed by atoms with Gasteiger partial charge < -0.3 is 14.2 Å². The number of hydrogen-bond donors (Lipinski definition) is 0. The van der Waals surface area contributed by atoms with Gasteiger partial charge in [0.2, 0.25) is 0 Å². The molecule has 0 spiro atoms. The summed E-state index contributed by atoms with van der Waals surface area (Å²) in [6.45, 7) is 9.06.